The third-order valence-electron chi connectivity index (χ3n) is 2.43. The van der Waals surface area contributed by atoms with Crippen LogP contribution in [0.2, 0.25) is 0 Å². The molecule has 0 bridgehead atoms. The van der Waals surface area contributed by atoms with Crippen LogP contribution < -0.4 is 11.1 Å². The van der Waals surface area contributed by atoms with Crippen molar-refractivity contribution >= 4 is 17.0 Å². The van der Waals surface area contributed by atoms with E-state index in [0.29, 0.717) is 11.5 Å². The Labute approximate surface area is 101 Å². The quantitative estimate of drug-likeness (QED) is 0.750. The van der Waals surface area contributed by atoms with Crippen LogP contribution in [0.5, 0.6) is 0 Å². The fraction of sp³-hybridized carbons (Fsp3) is 0.500. The second-order valence-electron chi connectivity index (χ2n) is 5.22. The van der Waals surface area contributed by atoms with Crippen molar-refractivity contribution in [2.75, 3.05) is 12.3 Å². The molecule has 0 aromatic carbocycles. The number of aromatic amines is 1. The van der Waals surface area contributed by atoms with Crippen molar-refractivity contribution < 1.29 is 0 Å². The van der Waals surface area contributed by atoms with Crippen LogP contribution in [0.1, 0.15) is 26.6 Å². The lowest BCUT2D eigenvalue weighted by atomic mass is 10.1. The number of fused-ring (bicyclic) bond motifs is 1. The van der Waals surface area contributed by atoms with Gasteiger partial charge in [-0.25, -0.2) is 9.97 Å². The van der Waals surface area contributed by atoms with Gasteiger partial charge in [-0.1, -0.05) is 0 Å². The van der Waals surface area contributed by atoms with Crippen molar-refractivity contribution in [2.24, 2.45) is 0 Å². The number of H-pyrrole nitrogens is 1. The largest absolute Gasteiger partial charge is 0.384 e. The lowest BCUT2D eigenvalue weighted by molar-refractivity contribution is 0.428. The number of nitrogen functional groups attached to an aromatic ring is 1. The third kappa shape index (κ3) is 3.17. The van der Waals surface area contributed by atoms with E-state index < -0.39 is 0 Å². The molecule has 0 aliphatic carbocycles. The summed E-state index contributed by atoms with van der Waals surface area (Å²) in [4.78, 5) is 11.8. The first-order valence-corrected chi connectivity index (χ1v) is 5.80. The number of hydrogen-bond acceptors (Lipinski definition) is 4. The van der Waals surface area contributed by atoms with Crippen LogP contribution in [-0.2, 0) is 6.42 Å². The fourth-order valence-corrected chi connectivity index (χ4v) is 1.63. The molecule has 92 valence electrons. The molecule has 0 aliphatic heterocycles. The van der Waals surface area contributed by atoms with E-state index in [9.17, 15) is 0 Å². The van der Waals surface area contributed by atoms with Crippen molar-refractivity contribution in [1.29, 1.82) is 0 Å². The molecule has 2 aromatic heterocycles. The van der Waals surface area contributed by atoms with Gasteiger partial charge < -0.3 is 16.0 Å². The third-order valence-corrected chi connectivity index (χ3v) is 2.43. The SMILES string of the molecule is CC(C)(C)NCCc1nc2nc(N)ccc2[nH]1. The normalized spacial score (nSPS) is 12.2. The molecule has 0 radical (unpaired) electrons. The fourth-order valence-electron chi connectivity index (χ4n) is 1.63. The van der Waals surface area contributed by atoms with Crippen molar-refractivity contribution in [3.63, 3.8) is 0 Å². The molecule has 5 nitrogen and oxygen atoms in total. The molecular weight excluding hydrogens is 214 g/mol. The van der Waals surface area contributed by atoms with Gasteiger partial charge in [0.15, 0.2) is 5.65 Å². The Morgan fingerprint density at radius 2 is 2.06 bits per heavy atom. The van der Waals surface area contributed by atoms with Crippen LogP contribution >= 0.6 is 0 Å². The summed E-state index contributed by atoms with van der Waals surface area (Å²) >= 11 is 0. The van der Waals surface area contributed by atoms with Gasteiger partial charge in [-0.15, -0.1) is 0 Å². The van der Waals surface area contributed by atoms with Gasteiger partial charge in [-0.2, -0.15) is 0 Å². The van der Waals surface area contributed by atoms with Crippen molar-refractivity contribution in [3.05, 3.63) is 18.0 Å². The van der Waals surface area contributed by atoms with Gasteiger partial charge in [0.2, 0.25) is 0 Å². The van der Waals surface area contributed by atoms with Gasteiger partial charge in [0.25, 0.3) is 0 Å². The van der Waals surface area contributed by atoms with E-state index in [1.54, 1.807) is 6.07 Å². The van der Waals surface area contributed by atoms with Gasteiger partial charge in [0.1, 0.15) is 11.6 Å². The minimum Gasteiger partial charge on any atom is -0.384 e. The van der Waals surface area contributed by atoms with E-state index in [4.69, 9.17) is 5.73 Å². The summed E-state index contributed by atoms with van der Waals surface area (Å²) in [6, 6.07) is 3.68. The minimum atomic E-state index is 0.134. The average Bonchev–Trinajstić information content (AvgIpc) is 2.57. The summed E-state index contributed by atoms with van der Waals surface area (Å²) in [5, 5.41) is 3.42. The predicted molar refractivity (Wildman–Crippen MR) is 69.8 cm³/mol. The second kappa shape index (κ2) is 4.33. The Hall–Kier alpha value is -1.62. The Morgan fingerprint density at radius 1 is 1.29 bits per heavy atom. The zero-order chi connectivity index (χ0) is 12.5. The first-order chi connectivity index (χ1) is 7.94. The monoisotopic (exact) mass is 233 g/mol. The summed E-state index contributed by atoms with van der Waals surface area (Å²) < 4.78 is 0. The summed E-state index contributed by atoms with van der Waals surface area (Å²) in [6.07, 6.45) is 0.855. The number of aromatic nitrogens is 3. The summed E-state index contributed by atoms with van der Waals surface area (Å²) in [6.45, 7) is 7.33. The summed E-state index contributed by atoms with van der Waals surface area (Å²) in [5.74, 6) is 1.44. The Balaban J connectivity index is 2.05. The number of nitrogens with zero attached hydrogens (tertiary/aromatic N) is 2. The number of pyridine rings is 1. The second-order valence-corrected chi connectivity index (χ2v) is 5.22. The van der Waals surface area contributed by atoms with E-state index in [1.807, 2.05) is 6.07 Å². The van der Waals surface area contributed by atoms with Gasteiger partial charge in [0, 0.05) is 18.5 Å². The molecule has 0 saturated heterocycles. The van der Waals surface area contributed by atoms with E-state index in [2.05, 4.69) is 41.0 Å². The van der Waals surface area contributed by atoms with Gasteiger partial charge in [-0.05, 0) is 32.9 Å². The average molecular weight is 233 g/mol. The minimum absolute atomic E-state index is 0.134. The smallest absolute Gasteiger partial charge is 0.179 e. The number of anilines is 1. The molecule has 0 spiro atoms. The highest BCUT2D eigenvalue weighted by atomic mass is 15.0. The standard InChI is InChI=1S/C12H19N5/c1-12(2,3)14-7-6-10-15-8-4-5-9(13)16-11(8)17-10/h4-5,14H,6-7H2,1-3H3,(H3,13,15,16,17). The number of nitrogens with one attached hydrogen (secondary N) is 2. The topological polar surface area (TPSA) is 79.6 Å². The predicted octanol–water partition coefficient (Wildman–Crippen LogP) is 1.47. The van der Waals surface area contributed by atoms with Crippen molar-refractivity contribution in [3.8, 4) is 0 Å². The number of nitrogens with two attached hydrogens (primary N) is 1. The molecule has 5 heteroatoms. The number of rotatable bonds is 3. The van der Waals surface area contributed by atoms with Crippen LogP contribution in [0, 0.1) is 0 Å². The van der Waals surface area contributed by atoms with Crippen LogP contribution in [0.4, 0.5) is 5.82 Å². The maximum absolute atomic E-state index is 5.61. The van der Waals surface area contributed by atoms with Gasteiger partial charge >= 0.3 is 0 Å². The molecular formula is C12H19N5. The highest BCUT2D eigenvalue weighted by Crippen LogP contribution is 2.11. The van der Waals surface area contributed by atoms with E-state index in [0.717, 1.165) is 24.3 Å². The first-order valence-electron chi connectivity index (χ1n) is 5.80. The zero-order valence-corrected chi connectivity index (χ0v) is 10.5. The molecule has 2 aromatic rings. The lowest BCUT2D eigenvalue weighted by Gasteiger charge is -2.19. The molecule has 17 heavy (non-hydrogen) atoms. The van der Waals surface area contributed by atoms with E-state index >= 15 is 0 Å². The van der Waals surface area contributed by atoms with Crippen molar-refractivity contribution in [1.82, 2.24) is 20.3 Å². The molecule has 0 aliphatic rings. The maximum atomic E-state index is 5.61. The highest BCUT2D eigenvalue weighted by molar-refractivity contribution is 5.72. The molecule has 0 fully saturated rings. The van der Waals surface area contributed by atoms with Gasteiger partial charge in [-0.3, -0.25) is 0 Å². The lowest BCUT2D eigenvalue weighted by Crippen LogP contribution is -2.37. The molecule has 2 rings (SSSR count). The Bertz CT molecular complexity index is 509. The molecule has 2 heterocycles. The summed E-state index contributed by atoms with van der Waals surface area (Å²) in [7, 11) is 0. The van der Waals surface area contributed by atoms with Crippen LogP contribution in [0.3, 0.4) is 0 Å². The molecule has 0 saturated carbocycles. The van der Waals surface area contributed by atoms with Crippen LogP contribution in [0.25, 0.3) is 11.2 Å². The molecule has 0 atom stereocenters. The van der Waals surface area contributed by atoms with Crippen LogP contribution in [-0.4, -0.2) is 27.0 Å². The maximum Gasteiger partial charge on any atom is 0.179 e. The molecule has 4 N–H and O–H groups in total. The van der Waals surface area contributed by atoms with Crippen molar-refractivity contribution in [2.45, 2.75) is 32.7 Å². The van der Waals surface area contributed by atoms with Gasteiger partial charge in [0.05, 0.1) is 5.52 Å². The highest BCUT2D eigenvalue weighted by Gasteiger charge is 2.09. The molecule has 0 unspecified atom stereocenters. The Kier molecular flexibility index (Phi) is 3.02. The van der Waals surface area contributed by atoms with E-state index in [-0.39, 0.29) is 5.54 Å². The first kappa shape index (κ1) is 11.9. The number of imidazole rings is 1. The zero-order valence-electron chi connectivity index (χ0n) is 10.5. The van der Waals surface area contributed by atoms with Crippen LogP contribution in [0.15, 0.2) is 12.1 Å². The summed E-state index contributed by atoms with van der Waals surface area (Å²) in [5.41, 5.74) is 7.37. The van der Waals surface area contributed by atoms with E-state index in [1.165, 1.54) is 0 Å². The Morgan fingerprint density at radius 3 is 2.76 bits per heavy atom. The molecule has 0 amide bonds. The number of hydrogen-bond donors (Lipinski definition) is 3.